The standard InChI is InChI=1S/C25H24Cl2FN3O2/c1-2-3-14-29(25(33)24(26)27)16-22(32)31-20-8-5-4-7-19(20)30-15-6-9-21(30)23(31)17-10-12-18(28)13-11-17/h4-13,15,23-24H,2-3,14,16H2,1H3/t23-/m1/s1. The fraction of sp³-hybridized carbons (Fsp3) is 0.280. The highest BCUT2D eigenvalue weighted by Gasteiger charge is 2.37. The van der Waals surface area contributed by atoms with Gasteiger partial charge in [-0.1, -0.05) is 60.8 Å². The number of carbonyl (C=O) groups excluding carboxylic acids is 2. The number of aromatic nitrogens is 1. The van der Waals surface area contributed by atoms with Gasteiger partial charge >= 0.3 is 0 Å². The first-order valence-electron chi connectivity index (χ1n) is 10.8. The van der Waals surface area contributed by atoms with Crippen LogP contribution in [0.1, 0.15) is 37.1 Å². The van der Waals surface area contributed by atoms with Gasteiger partial charge in [-0.2, -0.15) is 0 Å². The van der Waals surface area contributed by atoms with E-state index in [9.17, 15) is 14.0 Å². The van der Waals surface area contributed by atoms with E-state index in [2.05, 4.69) is 0 Å². The van der Waals surface area contributed by atoms with E-state index in [4.69, 9.17) is 23.2 Å². The summed E-state index contributed by atoms with van der Waals surface area (Å²) in [6, 6.07) is 17.1. The van der Waals surface area contributed by atoms with Crippen LogP contribution in [0.2, 0.25) is 0 Å². The molecule has 0 spiro atoms. The predicted octanol–water partition coefficient (Wildman–Crippen LogP) is 5.48. The van der Waals surface area contributed by atoms with Gasteiger partial charge in [0.25, 0.3) is 5.91 Å². The van der Waals surface area contributed by atoms with Crippen molar-refractivity contribution >= 4 is 40.7 Å². The Balaban J connectivity index is 1.78. The van der Waals surface area contributed by atoms with Crippen molar-refractivity contribution in [2.24, 2.45) is 0 Å². The summed E-state index contributed by atoms with van der Waals surface area (Å²) >= 11 is 11.7. The van der Waals surface area contributed by atoms with Gasteiger partial charge in [-0.25, -0.2) is 4.39 Å². The number of carbonyl (C=O) groups is 2. The molecule has 0 saturated heterocycles. The topological polar surface area (TPSA) is 45.6 Å². The summed E-state index contributed by atoms with van der Waals surface area (Å²) in [5.41, 5.74) is 3.19. The van der Waals surface area contributed by atoms with Crippen molar-refractivity contribution in [3.8, 4) is 5.69 Å². The van der Waals surface area contributed by atoms with Crippen molar-refractivity contribution in [1.29, 1.82) is 0 Å². The lowest BCUT2D eigenvalue weighted by Crippen LogP contribution is -2.48. The van der Waals surface area contributed by atoms with Crippen molar-refractivity contribution in [3.63, 3.8) is 0 Å². The molecule has 8 heteroatoms. The van der Waals surface area contributed by atoms with E-state index in [1.807, 2.05) is 54.1 Å². The minimum atomic E-state index is -1.24. The number of rotatable bonds is 7. The molecule has 1 aromatic heterocycles. The zero-order valence-corrected chi connectivity index (χ0v) is 19.6. The summed E-state index contributed by atoms with van der Waals surface area (Å²) in [7, 11) is 0. The smallest absolute Gasteiger partial charge is 0.256 e. The molecule has 0 bridgehead atoms. The summed E-state index contributed by atoms with van der Waals surface area (Å²) in [4.78, 5) is 28.3. The molecular formula is C25H24Cl2FN3O2. The third-order valence-corrected chi connectivity index (χ3v) is 6.15. The number of hydrogen-bond donors (Lipinski definition) is 0. The maximum absolute atomic E-state index is 13.8. The van der Waals surface area contributed by atoms with Crippen LogP contribution in [0.5, 0.6) is 0 Å². The molecule has 0 saturated carbocycles. The second-order valence-corrected chi connectivity index (χ2v) is 9.02. The number of benzene rings is 2. The Morgan fingerprint density at radius 3 is 2.39 bits per heavy atom. The quantitative estimate of drug-likeness (QED) is 0.414. The minimum Gasteiger partial charge on any atom is -0.331 e. The number of halogens is 3. The molecule has 3 aromatic rings. The highest BCUT2D eigenvalue weighted by atomic mass is 35.5. The number of unbranched alkanes of at least 4 members (excludes halogenated alkanes) is 1. The van der Waals surface area contributed by atoms with Gasteiger partial charge in [-0.3, -0.25) is 14.5 Å². The van der Waals surface area contributed by atoms with E-state index in [1.54, 1.807) is 17.0 Å². The Morgan fingerprint density at radius 2 is 1.73 bits per heavy atom. The van der Waals surface area contributed by atoms with Gasteiger partial charge < -0.3 is 9.47 Å². The summed E-state index contributed by atoms with van der Waals surface area (Å²) in [5, 5.41) is 0. The van der Waals surface area contributed by atoms with Gasteiger partial charge in [0.05, 0.1) is 17.1 Å². The zero-order valence-electron chi connectivity index (χ0n) is 18.1. The molecule has 2 amide bonds. The maximum atomic E-state index is 13.8. The molecule has 1 aliphatic rings. The molecule has 172 valence electrons. The normalized spacial score (nSPS) is 14.7. The van der Waals surface area contributed by atoms with Gasteiger partial charge in [0.1, 0.15) is 18.4 Å². The highest BCUT2D eigenvalue weighted by molar-refractivity contribution is 6.53. The van der Waals surface area contributed by atoms with Gasteiger partial charge in [-0.15, -0.1) is 0 Å². The third-order valence-electron chi connectivity index (χ3n) is 5.78. The number of alkyl halides is 2. The summed E-state index contributed by atoms with van der Waals surface area (Å²) in [6.07, 6.45) is 3.51. The summed E-state index contributed by atoms with van der Waals surface area (Å²) < 4.78 is 15.7. The SMILES string of the molecule is CCCCN(CC(=O)N1c2ccccc2-n2cccc2[C@H]1c1ccc(F)cc1)C(=O)C(Cl)Cl. The number of amides is 2. The van der Waals surface area contributed by atoms with Crippen molar-refractivity contribution in [3.05, 3.63) is 83.9 Å². The second kappa shape index (κ2) is 9.98. The highest BCUT2D eigenvalue weighted by Crippen LogP contribution is 2.42. The monoisotopic (exact) mass is 487 g/mol. The number of anilines is 1. The molecule has 0 N–H and O–H groups in total. The molecule has 1 atom stereocenters. The largest absolute Gasteiger partial charge is 0.331 e. The van der Waals surface area contributed by atoms with Crippen LogP contribution in [0.3, 0.4) is 0 Å². The molecule has 2 aromatic carbocycles. The Hall–Kier alpha value is -2.83. The number of hydrogen-bond acceptors (Lipinski definition) is 2. The summed E-state index contributed by atoms with van der Waals surface area (Å²) in [6.45, 7) is 2.22. The van der Waals surface area contributed by atoms with Gasteiger partial charge in [-0.05, 0) is 48.4 Å². The molecule has 1 aliphatic heterocycles. The van der Waals surface area contributed by atoms with Crippen LogP contribution in [-0.4, -0.2) is 39.2 Å². The van der Waals surface area contributed by atoms with E-state index in [0.717, 1.165) is 29.8 Å². The van der Waals surface area contributed by atoms with Gasteiger partial charge in [0.2, 0.25) is 5.91 Å². The molecule has 2 heterocycles. The molecule has 33 heavy (non-hydrogen) atoms. The molecule has 0 aliphatic carbocycles. The fourth-order valence-corrected chi connectivity index (χ4v) is 4.49. The van der Waals surface area contributed by atoms with Crippen LogP contribution in [0.15, 0.2) is 66.9 Å². The van der Waals surface area contributed by atoms with Crippen molar-refractivity contribution < 1.29 is 14.0 Å². The van der Waals surface area contributed by atoms with Crippen LogP contribution >= 0.6 is 23.2 Å². The van der Waals surface area contributed by atoms with E-state index >= 15 is 0 Å². The van der Waals surface area contributed by atoms with Gasteiger partial charge in [0, 0.05) is 12.7 Å². The Bertz CT molecular complexity index is 1150. The van der Waals surface area contributed by atoms with Crippen LogP contribution < -0.4 is 4.90 Å². The van der Waals surface area contributed by atoms with Crippen LogP contribution in [0.25, 0.3) is 5.69 Å². The van der Waals surface area contributed by atoms with E-state index in [1.165, 1.54) is 17.0 Å². The molecule has 5 nitrogen and oxygen atoms in total. The number of nitrogens with zero attached hydrogens (tertiary/aromatic N) is 3. The minimum absolute atomic E-state index is 0.165. The first-order valence-corrected chi connectivity index (χ1v) is 11.7. The summed E-state index contributed by atoms with van der Waals surface area (Å²) in [5.74, 6) is -1.12. The van der Waals surface area contributed by atoms with E-state index < -0.39 is 16.8 Å². The average molecular weight is 488 g/mol. The van der Waals surface area contributed by atoms with Gasteiger partial charge in [0.15, 0.2) is 4.84 Å². The first-order chi connectivity index (χ1) is 15.9. The Kier molecular flexibility index (Phi) is 7.05. The Labute approximate surface area is 202 Å². The van der Waals surface area contributed by atoms with Crippen LogP contribution in [-0.2, 0) is 9.59 Å². The van der Waals surface area contributed by atoms with Crippen molar-refractivity contribution in [2.75, 3.05) is 18.0 Å². The maximum Gasteiger partial charge on any atom is 0.256 e. The molecule has 0 fully saturated rings. The average Bonchev–Trinajstić information content (AvgIpc) is 3.31. The molecular weight excluding hydrogens is 464 g/mol. The fourth-order valence-electron chi connectivity index (χ4n) is 4.22. The number of fused-ring (bicyclic) bond motifs is 3. The Morgan fingerprint density at radius 1 is 1.03 bits per heavy atom. The lowest BCUT2D eigenvalue weighted by atomic mass is 9.97. The van der Waals surface area contributed by atoms with E-state index in [0.29, 0.717) is 12.2 Å². The third kappa shape index (κ3) is 4.63. The molecule has 0 unspecified atom stereocenters. The van der Waals surface area contributed by atoms with Crippen molar-refractivity contribution in [1.82, 2.24) is 9.47 Å². The molecule has 0 radical (unpaired) electrons. The second-order valence-electron chi connectivity index (χ2n) is 7.92. The number of para-hydroxylation sites is 2. The van der Waals surface area contributed by atoms with Crippen LogP contribution in [0.4, 0.5) is 10.1 Å². The van der Waals surface area contributed by atoms with Crippen LogP contribution in [0, 0.1) is 5.82 Å². The zero-order chi connectivity index (χ0) is 23.5. The lowest BCUT2D eigenvalue weighted by molar-refractivity contribution is -0.134. The predicted molar refractivity (Wildman–Crippen MR) is 128 cm³/mol. The van der Waals surface area contributed by atoms with E-state index in [-0.39, 0.29) is 18.3 Å². The first kappa shape index (κ1) is 23.3. The lowest BCUT2D eigenvalue weighted by Gasteiger charge is -2.39. The molecule has 4 rings (SSSR count). The van der Waals surface area contributed by atoms with Crippen molar-refractivity contribution in [2.45, 2.75) is 30.6 Å².